The van der Waals surface area contributed by atoms with Crippen molar-refractivity contribution < 1.29 is 13.9 Å². The number of nitrogens with zero attached hydrogens (tertiary/aromatic N) is 4. The number of rotatable bonds is 6. The average Bonchev–Trinajstić information content (AvgIpc) is 3.27. The Labute approximate surface area is 180 Å². The minimum Gasteiger partial charge on any atom is -0.347 e. The Balaban J connectivity index is 1.46. The number of thiazole rings is 1. The van der Waals surface area contributed by atoms with E-state index in [1.807, 2.05) is 42.5 Å². The van der Waals surface area contributed by atoms with Crippen LogP contribution in [0.4, 0.5) is 5.13 Å². The summed E-state index contributed by atoms with van der Waals surface area (Å²) in [7, 11) is -3.19. The summed E-state index contributed by atoms with van der Waals surface area (Å²) in [6, 6.07) is 13.4. The van der Waals surface area contributed by atoms with Gasteiger partial charge in [0.25, 0.3) is 5.91 Å². The Bertz CT molecular complexity index is 1010. The molecule has 3 N–H and O–H groups in total. The van der Waals surface area contributed by atoms with Gasteiger partial charge in [0.05, 0.1) is 12.2 Å². The van der Waals surface area contributed by atoms with Crippen molar-refractivity contribution in [3.05, 3.63) is 76.6 Å². The van der Waals surface area contributed by atoms with E-state index in [-0.39, 0.29) is 5.91 Å². The molecule has 0 radical (unpaired) electrons. The number of aromatic nitrogens is 2. The zero-order chi connectivity index (χ0) is 21.1. The van der Waals surface area contributed by atoms with Crippen molar-refractivity contribution >= 4 is 33.3 Å². The lowest BCUT2D eigenvalue weighted by atomic mass is 10.2. The minimum atomic E-state index is -3.19. The quantitative estimate of drug-likeness (QED) is 0.532. The average molecular weight is 446 g/mol. The zero-order valence-electron chi connectivity index (χ0n) is 16.4. The van der Waals surface area contributed by atoms with Crippen molar-refractivity contribution in [2.45, 2.75) is 20.0 Å². The Morgan fingerprint density at radius 1 is 1.17 bits per heavy atom. The van der Waals surface area contributed by atoms with Crippen LogP contribution in [0.5, 0.6) is 0 Å². The van der Waals surface area contributed by atoms with Gasteiger partial charge in [0.2, 0.25) is 5.13 Å². The number of aryl methyl sites for hydroxylation is 1. The van der Waals surface area contributed by atoms with Gasteiger partial charge in [0, 0.05) is 32.0 Å². The van der Waals surface area contributed by atoms with Gasteiger partial charge in [-0.15, -0.1) is 0 Å². The predicted molar refractivity (Wildman–Crippen MR) is 119 cm³/mol. The van der Waals surface area contributed by atoms with Gasteiger partial charge < -0.3 is 5.32 Å². The molecular formula is C20H23N5O3S2. The van der Waals surface area contributed by atoms with Gasteiger partial charge in [-0.2, -0.15) is 4.31 Å². The van der Waals surface area contributed by atoms with Crippen molar-refractivity contribution in [3.63, 3.8) is 0 Å². The summed E-state index contributed by atoms with van der Waals surface area (Å²) in [6.07, 6.45) is 3.38. The summed E-state index contributed by atoms with van der Waals surface area (Å²) in [5.41, 5.74) is 2.47. The molecule has 0 spiro atoms. The topological polar surface area (TPSA) is 102 Å². The van der Waals surface area contributed by atoms with Gasteiger partial charge in [-0.1, -0.05) is 47.7 Å². The number of nitrogens with one attached hydrogen (secondary N) is 1. The second-order valence-corrected chi connectivity index (χ2v) is 9.81. The van der Waals surface area contributed by atoms with Crippen LogP contribution in [-0.4, -0.2) is 42.4 Å². The molecular weight excluding hydrogens is 422 g/mol. The van der Waals surface area contributed by atoms with Crippen LogP contribution in [0.3, 0.4) is 0 Å². The molecule has 30 heavy (non-hydrogen) atoms. The summed E-state index contributed by atoms with van der Waals surface area (Å²) in [5.74, 6) is -0.239. The van der Waals surface area contributed by atoms with E-state index in [1.165, 1.54) is 15.6 Å². The smallest absolute Gasteiger partial charge is 0.263 e. The first-order valence-electron chi connectivity index (χ1n) is 9.44. The lowest BCUT2D eigenvalue weighted by Crippen LogP contribution is -2.28. The number of carbonyl (C=O) groups is 1. The second-order valence-electron chi connectivity index (χ2n) is 6.90. The molecule has 4 rings (SSSR count). The van der Waals surface area contributed by atoms with Crippen LogP contribution in [-0.2, 0) is 13.1 Å². The molecule has 1 fully saturated rings. The third-order valence-corrected chi connectivity index (χ3v) is 8.02. The van der Waals surface area contributed by atoms with Crippen LogP contribution in [0.1, 0.15) is 26.5 Å². The summed E-state index contributed by atoms with van der Waals surface area (Å²) in [5, 5.41) is 3.31. The molecule has 158 valence electrons. The first-order valence-corrected chi connectivity index (χ1v) is 11.7. The van der Waals surface area contributed by atoms with E-state index < -0.39 is 11.0 Å². The van der Waals surface area contributed by atoms with Crippen LogP contribution < -0.4 is 9.62 Å². The molecule has 1 saturated heterocycles. The van der Waals surface area contributed by atoms with Gasteiger partial charge in [0.15, 0.2) is 0 Å². The summed E-state index contributed by atoms with van der Waals surface area (Å²) in [6.45, 7) is 3.48. The first kappa shape index (κ1) is 20.8. The SMILES string of the molecule is Cc1nc(N2CCN(Cc3ccccc3)S2(O)O)sc1C(=O)NCc1cccnc1. The maximum atomic E-state index is 12.6. The molecule has 3 heterocycles. The Hall–Kier alpha value is -2.50. The molecule has 8 nitrogen and oxygen atoms in total. The van der Waals surface area contributed by atoms with Crippen LogP contribution in [0.15, 0.2) is 54.9 Å². The Morgan fingerprint density at radius 3 is 2.67 bits per heavy atom. The molecule has 1 aromatic carbocycles. The van der Waals surface area contributed by atoms with Crippen LogP contribution in [0.25, 0.3) is 0 Å². The number of carbonyl (C=O) groups excluding carboxylic acids is 1. The molecule has 2 aromatic heterocycles. The molecule has 1 amide bonds. The van der Waals surface area contributed by atoms with E-state index in [2.05, 4.69) is 15.3 Å². The van der Waals surface area contributed by atoms with Gasteiger partial charge in [-0.25, -0.2) is 9.29 Å². The number of benzene rings is 1. The van der Waals surface area contributed by atoms with E-state index in [1.54, 1.807) is 23.6 Å². The monoisotopic (exact) mass is 445 g/mol. The highest BCUT2D eigenvalue weighted by Crippen LogP contribution is 2.54. The number of hydrogen-bond donors (Lipinski definition) is 3. The van der Waals surface area contributed by atoms with Crippen molar-refractivity contribution in [1.82, 2.24) is 19.6 Å². The zero-order valence-corrected chi connectivity index (χ0v) is 18.1. The molecule has 0 saturated carbocycles. The Kier molecular flexibility index (Phi) is 6.02. The van der Waals surface area contributed by atoms with E-state index in [0.717, 1.165) is 11.1 Å². The summed E-state index contributed by atoms with van der Waals surface area (Å²) < 4.78 is 24.9. The van der Waals surface area contributed by atoms with Crippen molar-refractivity contribution in [2.75, 3.05) is 17.4 Å². The summed E-state index contributed by atoms with van der Waals surface area (Å²) in [4.78, 5) is 21.6. The molecule has 0 atom stereocenters. The fraction of sp³-hybridized carbons (Fsp3) is 0.250. The largest absolute Gasteiger partial charge is 0.347 e. The minimum absolute atomic E-state index is 0.239. The van der Waals surface area contributed by atoms with E-state index >= 15 is 0 Å². The van der Waals surface area contributed by atoms with Crippen LogP contribution in [0.2, 0.25) is 0 Å². The molecule has 10 heteroatoms. The standard InChI is InChI=1S/C20H23N5O3S2/c1-15-18(19(26)22-13-17-8-5-9-21-12-17)29-20(23-15)25-11-10-24(30(25,27)28)14-16-6-3-2-4-7-16/h2-9,12,27-28H,10-11,13-14H2,1H3,(H,22,26). The molecule has 0 aliphatic carbocycles. The van der Waals surface area contributed by atoms with E-state index in [0.29, 0.717) is 41.9 Å². The molecule has 3 aromatic rings. The highest BCUT2D eigenvalue weighted by atomic mass is 32.3. The second kappa shape index (κ2) is 8.70. The van der Waals surface area contributed by atoms with Gasteiger partial charge in [-0.3, -0.25) is 18.9 Å². The lowest BCUT2D eigenvalue weighted by Gasteiger charge is -2.41. The van der Waals surface area contributed by atoms with Crippen molar-refractivity contribution in [3.8, 4) is 0 Å². The summed E-state index contributed by atoms with van der Waals surface area (Å²) >= 11 is 1.17. The van der Waals surface area contributed by atoms with Gasteiger partial charge >= 0.3 is 0 Å². The third kappa shape index (κ3) is 4.32. The predicted octanol–water partition coefficient (Wildman–Crippen LogP) is 3.68. The van der Waals surface area contributed by atoms with Crippen LogP contribution in [0, 0.1) is 6.92 Å². The third-order valence-electron chi connectivity index (χ3n) is 4.78. The van der Waals surface area contributed by atoms with Crippen molar-refractivity contribution in [1.29, 1.82) is 0 Å². The van der Waals surface area contributed by atoms with Crippen molar-refractivity contribution in [2.24, 2.45) is 0 Å². The molecule has 1 aliphatic rings. The number of anilines is 1. The Morgan fingerprint density at radius 2 is 1.93 bits per heavy atom. The van der Waals surface area contributed by atoms with E-state index in [9.17, 15) is 13.9 Å². The lowest BCUT2D eigenvalue weighted by molar-refractivity contribution is 0.0954. The maximum Gasteiger partial charge on any atom is 0.263 e. The normalized spacial score (nSPS) is 17.1. The van der Waals surface area contributed by atoms with Gasteiger partial charge in [0.1, 0.15) is 4.88 Å². The van der Waals surface area contributed by atoms with Gasteiger partial charge in [-0.05, 0) is 35.1 Å². The van der Waals surface area contributed by atoms with E-state index in [4.69, 9.17) is 0 Å². The van der Waals surface area contributed by atoms with Crippen LogP contribution >= 0.6 is 22.3 Å². The highest BCUT2D eigenvalue weighted by molar-refractivity contribution is 8.23. The number of pyridine rings is 1. The number of hydrogen-bond acceptors (Lipinski definition) is 8. The fourth-order valence-corrected chi connectivity index (χ4v) is 6.04. The first-order chi connectivity index (χ1) is 14.4. The fourth-order valence-electron chi connectivity index (χ4n) is 3.20. The molecule has 0 unspecified atom stereocenters. The number of amides is 1. The maximum absolute atomic E-state index is 12.6. The highest BCUT2D eigenvalue weighted by Gasteiger charge is 2.39. The molecule has 1 aliphatic heterocycles. The molecule has 0 bridgehead atoms.